The van der Waals surface area contributed by atoms with Crippen LogP contribution in [0.25, 0.3) is 22.2 Å². The first-order chi connectivity index (χ1) is 16.2. The van der Waals surface area contributed by atoms with Crippen LogP contribution in [0.4, 0.5) is 0 Å². The summed E-state index contributed by atoms with van der Waals surface area (Å²) in [6, 6.07) is 29.0. The first-order valence-electron chi connectivity index (χ1n) is 10.7. The Hall–Kier alpha value is -4.32. The third kappa shape index (κ3) is 4.36. The fourth-order valence-electron chi connectivity index (χ4n) is 3.77. The predicted molar refractivity (Wildman–Crippen MR) is 127 cm³/mol. The zero-order valence-electron chi connectivity index (χ0n) is 18.2. The van der Waals surface area contributed by atoms with Crippen LogP contribution in [0.2, 0.25) is 0 Å². The van der Waals surface area contributed by atoms with Gasteiger partial charge in [0.15, 0.2) is 0 Å². The number of hydrogen-bond donors (Lipinski definition) is 1. The summed E-state index contributed by atoms with van der Waals surface area (Å²) in [5, 5.41) is 15.8. The Morgan fingerprint density at radius 2 is 1.42 bits per heavy atom. The average Bonchev–Trinajstić information content (AvgIpc) is 3.20. The van der Waals surface area contributed by atoms with Gasteiger partial charge in [-0.15, -0.1) is 0 Å². The number of pyridine rings is 1. The summed E-state index contributed by atoms with van der Waals surface area (Å²) >= 11 is 0. The third-order valence-corrected chi connectivity index (χ3v) is 5.38. The van der Waals surface area contributed by atoms with Gasteiger partial charge in [0, 0.05) is 18.5 Å². The van der Waals surface area contributed by atoms with Crippen LogP contribution in [-0.2, 0) is 20.3 Å². The number of benzene rings is 3. The average molecular weight is 437 g/mol. The second kappa shape index (κ2) is 9.04. The summed E-state index contributed by atoms with van der Waals surface area (Å²) in [6.07, 6.45) is 0. The lowest BCUT2D eigenvalue weighted by atomic mass is 10.1. The molecule has 6 nitrogen and oxygen atoms in total. The molecule has 0 aliphatic rings. The molecule has 6 heteroatoms. The van der Waals surface area contributed by atoms with Crippen molar-refractivity contribution in [3.05, 3.63) is 102 Å². The molecule has 0 radical (unpaired) electrons. The highest BCUT2D eigenvalue weighted by molar-refractivity contribution is 5.97. The molecule has 0 amide bonds. The number of ether oxygens (including phenoxy) is 2. The molecule has 0 atom stereocenters. The van der Waals surface area contributed by atoms with E-state index in [1.54, 1.807) is 23.9 Å². The Kier molecular flexibility index (Phi) is 5.64. The smallest absolute Gasteiger partial charge is 0.226 e. The molecule has 0 fully saturated rings. The van der Waals surface area contributed by atoms with Crippen LogP contribution in [0.5, 0.6) is 17.5 Å². The van der Waals surface area contributed by atoms with Gasteiger partial charge in [-0.3, -0.25) is 4.68 Å². The van der Waals surface area contributed by atoms with Gasteiger partial charge in [0.05, 0.1) is 5.56 Å². The Labute approximate surface area is 191 Å². The van der Waals surface area contributed by atoms with E-state index in [9.17, 15) is 5.11 Å². The van der Waals surface area contributed by atoms with Crippen LogP contribution >= 0.6 is 0 Å². The molecule has 0 spiro atoms. The number of fused-ring (bicyclic) bond motifs is 1. The summed E-state index contributed by atoms with van der Waals surface area (Å²) in [7, 11) is 1.81. The monoisotopic (exact) mass is 437 g/mol. The van der Waals surface area contributed by atoms with Crippen molar-refractivity contribution in [1.29, 1.82) is 0 Å². The molecule has 2 heterocycles. The molecular weight excluding hydrogens is 414 g/mol. The fraction of sp³-hybridized carbons (Fsp3) is 0.111. The summed E-state index contributed by atoms with van der Waals surface area (Å²) in [6.45, 7) is 0.769. The van der Waals surface area contributed by atoms with Gasteiger partial charge in [0.25, 0.3) is 0 Å². The maximum Gasteiger partial charge on any atom is 0.226 e. The molecule has 0 saturated carbocycles. The maximum absolute atomic E-state index is 10.3. The van der Waals surface area contributed by atoms with E-state index in [0.717, 1.165) is 22.1 Å². The molecule has 164 valence electrons. The van der Waals surface area contributed by atoms with Crippen LogP contribution in [0.1, 0.15) is 11.1 Å². The minimum atomic E-state index is 0.177. The number of para-hydroxylation sites is 1. The standard InChI is InChI=1S/C27H23N3O3/c1-30-26-21(13-8-14-23(26)31)25(29-30)22-15-16-24(32-17-19-9-4-2-5-10-19)28-27(22)33-18-20-11-6-3-7-12-20/h2-16,31H,17-18H2,1H3. The number of aryl methyl sites for hydroxylation is 1. The quantitative estimate of drug-likeness (QED) is 0.364. The first kappa shape index (κ1) is 20.6. The number of nitrogens with zero attached hydrogens (tertiary/aromatic N) is 3. The lowest BCUT2D eigenvalue weighted by molar-refractivity contribution is 0.268. The van der Waals surface area contributed by atoms with Crippen LogP contribution in [0.15, 0.2) is 91.0 Å². The van der Waals surface area contributed by atoms with Crippen molar-refractivity contribution >= 4 is 10.9 Å². The van der Waals surface area contributed by atoms with Crippen LogP contribution in [0.3, 0.4) is 0 Å². The molecule has 2 aromatic heterocycles. The van der Waals surface area contributed by atoms with Crippen LogP contribution in [-0.4, -0.2) is 19.9 Å². The zero-order chi connectivity index (χ0) is 22.6. The molecular formula is C27H23N3O3. The van der Waals surface area contributed by atoms with Gasteiger partial charge >= 0.3 is 0 Å². The normalized spacial score (nSPS) is 10.9. The molecule has 0 unspecified atom stereocenters. The first-order valence-corrected chi connectivity index (χ1v) is 10.7. The topological polar surface area (TPSA) is 69.4 Å². The third-order valence-electron chi connectivity index (χ3n) is 5.38. The predicted octanol–water partition coefficient (Wildman–Crippen LogP) is 5.50. The lowest BCUT2D eigenvalue weighted by Gasteiger charge is -2.12. The molecule has 0 aliphatic carbocycles. The highest BCUT2D eigenvalue weighted by atomic mass is 16.5. The molecule has 5 aromatic rings. The molecule has 5 rings (SSSR count). The molecule has 0 bridgehead atoms. The minimum Gasteiger partial charge on any atom is -0.506 e. The van der Waals surface area contributed by atoms with E-state index >= 15 is 0 Å². The van der Waals surface area contributed by atoms with Gasteiger partial charge in [0.2, 0.25) is 11.8 Å². The van der Waals surface area contributed by atoms with E-state index in [1.807, 2.05) is 78.9 Å². The van der Waals surface area contributed by atoms with Crippen molar-refractivity contribution < 1.29 is 14.6 Å². The van der Waals surface area contributed by atoms with Gasteiger partial charge in [-0.2, -0.15) is 10.1 Å². The van der Waals surface area contributed by atoms with Crippen molar-refractivity contribution in [3.8, 4) is 28.8 Å². The van der Waals surface area contributed by atoms with E-state index in [1.165, 1.54) is 0 Å². The van der Waals surface area contributed by atoms with E-state index in [0.29, 0.717) is 36.2 Å². The van der Waals surface area contributed by atoms with Gasteiger partial charge in [0.1, 0.15) is 30.2 Å². The Morgan fingerprint density at radius 1 is 0.758 bits per heavy atom. The zero-order valence-corrected chi connectivity index (χ0v) is 18.2. The molecule has 3 aromatic carbocycles. The summed E-state index contributed by atoms with van der Waals surface area (Å²) in [5.74, 6) is 1.07. The number of aromatic nitrogens is 3. The van der Waals surface area contributed by atoms with E-state index in [4.69, 9.17) is 9.47 Å². The second-order valence-corrected chi connectivity index (χ2v) is 7.70. The van der Waals surface area contributed by atoms with E-state index < -0.39 is 0 Å². The molecule has 1 N–H and O–H groups in total. The van der Waals surface area contributed by atoms with Crippen molar-refractivity contribution in [1.82, 2.24) is 14.8 Å². The van der Waals surface area contributed by atoms with E-state index in [2.05, 4.69) is 10.1 Å². The van der Waals surface area contributed by atoms with Gasteiger partial charge in [-0.1, -0.05) is 72.8 Å². The highest BCUT2D eigenvalue weighted by Gasteiger charge is 2.19. The Balaban J connectivity index is 1.51. The van der Waals surface area contributed by atoms with Crippen molar-refractivity contribution in [2.45, 2.75) is 13.2 Å². The minimum absolute atomic E-state index is 0.177. The summed E-state index contributed by atoms with van der Waals surface area (Å²) in [5.41, 5.74) is 4.17. The number of phenolic OH excluding ortho intramolecular Hbond substituents is 1. The fourth-order valence-corrected chi connectivity index (χ4v) is 3.77. The number of hydrogen-bond acceptors (Lipinski definition) is 5. The number of aromatic hydroxyl groups is 1. The summed E-state index contributed by atoms with van der Waals surface area (Å²) < 4.78 is 13.8. The molecule has 33 heavy (non-hydrogen) atoms. The maximum atomic E-state index is 10.3. The van der Waals surface area contributed by atoms with Crippen LogP contribution in [0, 0.1) is 0 Å². The van der Waals surface area contributed by atoms with Crippen molar-refractivity contribution in [2.75, 3.05) is 0 Å². The largest absolute Gasteiger partial charge is 0.506 e. The van der Waals surface area contributed by atoms with Crippen molar-refractivity contribution in [3.63, 3.8) is 0 Å². The second-order valence-electron chi connectivity index (χ2n) is 7.70. The highest BCUT2D eigenvalue weighted by Crippen LogP contribution is 2.37. The van der Waals surface area contributed by atoms with Crippen molar-refractivity contribution in [2.24, 2.45) is 7.05 Å². The van der Waals surface area contributed by atoms with Gasteiger partial charge in [-0.25, -0.2) is 0 Å². The molecule has 0 saturated heterocycles. The van der Waals surface area contributed by atoms with Gasteiger partial charge in [-0.05, 0) is 23.3 Å². The van der Waals surface area contributed by atoms with Crippen LogP contribution < -0.4 is 9.47 Å². The Morgan fingerprint density at radius 3 is 2.12 bits per heavy atom. The molecule has 0 aliphatic heterocycles. The summed E-state index contributed by atoms with van der Waals surface area (Å²) in [4.78, 5) is 4.66. The lowest BCUT2D eigenvalue weighted by Crippen LogP contribution is -2.02. The number of phenols is 1. The van der Waals surface area contributed by atoms with E-state index in [-0.39, 0.29) is 5.75 Å². The Bertz CT molecular complexity index is 1380. The number of rotatable bonds is 7. The van der Waals surface area contributed by atoms with Gasteiger partial charge < -0.3 is 14.6 Å². The SMILES string of the molecule is Cn1nc(-c2ccc(OCc3ccccc3)nc2OCc2ccccc2)c2cccc(O)c21.